The molecule has 0 amide bonds. The van der Waals surface area contributed by atoms with E-state index in [1.54, 1.807) is 0 Å². The minimum atomic E-state index is -1.21. The van der Waals surface area contributed by atoms with E-state index in [4.69, 9.17) is 36.4 Å². The van der Waals surface area contributed by atoms with Crippen LogP contribution in [-0.2, 0) is 0 Å². The molecule has 0 aromatic carbocycles. The van der Waals surface area contributed by atoms with Crippen molar-refractivity contribution in [3.05, 3.63) is 0 Å². The van der Waals surface area contributed by atoms with Crippen LogP contribution in [0, 0.1) is 0 Å². The van der Waals surface area contributed by atoms with Gasteiger partial charge < -0.3 is 21.1 Å². The van der Waals surface area contributed by atoms with Gasteiger partial charge in [0, 0.05) is 0 Å². The van der Waals surface area contributed by atoms with Crippen LogP contribution in [-0.4, -0.2) is 92.7 Å². The van der Waals surface area contributed by atoms with Crippen molar-refractivity contribution in [1.29, 1.82) is 0 Å². The molecule has 0 heterocycles. The topological polar surface area (TPSA) is 147 Å². The summed E-state index contributed by atoms with van der Waals surface area (Å²) in [7, 11) is 0. The summed E-state index contributed by atoms with van der Waals surface area (Å²) in [6.07, 6.45) is 0. The van der Waals surface area contributed by atoms with Crippen molar-refractivity contribution in [2.24, 2.45) is 5.73 Å². The van der Waals surface area contributed by atoms with E-state index >= 15 is 0 Å². The van der Waals surface area contributed by atoms with E-state index < -0.39 is 29.6 Å². The van der Waals surface area contributed by atoms with Crippen LogP contribution < -0.4 is 5.73 Å². The average Bonchev–Trinajstić information content (AvgIpc) is 2.37. The fourth-order valence-corrected chi connectivity index (χ4v) is 0.300. The van der Waals surface area contributed by atoms with Crippen LogP contribution in [0.4, 0.5) is 0 Å². The fourth-order valence-electron chi connectivity index (χ4n) is 0.300. The second-order valence-corrected chi connectivity index (χ2v) is 6.24. The molecule has 0 aromatic heterocycles. The second kappa shape index (κ2) is 9.32. The van der Waals surface area contributed by atoms with E-state index in [0.717, 1.165) is 16.9 Å². The Labute approximate surface area is 103 Å². The SMILES string of the molecule is NC(CO)(CO)CO.OCC([AsH2])(CO)CO. The number of rotatable bonds is 6. The van der Waals surface area contributed by atoms with Gasteiger partial charge in [-0.2, -0.15) is 0 Å². The molecule has 100 valence electrons. The first kappa shape index (κ1) is 18.6. The third-order valence-electron chi connectivity index (χ3n) is 1.89. The summed E-state index contributed by atoms with van der Waals surface area (Å²) in [6, 6.07) is 0. The van der Waals surface area contributed by atoms with Crippen molar-refractivity contribution in [3.8, 4) is 0 Å². The van der Waals surface area contributed by atoms with E-state index in [9.17, 15) is 0 Å². The van der Waals surface area contributed by atoms with Crippen LogP contribution in [0.15, 0.2) is 0 Å². The van der Waals surface area contributed by atoms with Crippen LogP contribution in [0.2, 0.25) is 4.20 Å². The van der Waals surface area contributed by atoms with Gasteiger partial charge in [0.25, 0.3) is 0 Å². The molecule has 0 saturated heterocycles. The Kier molecular flexibility index (Phi) is 10.9. The molecule has 7 nitrogen and oxygen atoms in total. The summed E-state index contributed by atoms with van der Waals surface area (Å²) in [6.45, 7) is -1.67. The van der Waals surface area contributed by atoms with E-state index in [0.29, 0.717) is 0 Å². The Morgan fingerprint density at radius 2 is 0.938 bits per heavy atom. The number of aliphatic hydroxyl groups excluding tert-OH is 6. The zero-order valence-corrected chi connectivity index (χ0v) is 11.5. The quantitative estimate of drug-likeness (QED) is 0.244. The molecule has 0 aliphatic carbocycles. The zero-order valence-electron chi connectivity index (χ0n) is 9.08. The molecule has 1 unspecified atom stereocenters. The van der Waals surface area contributed by atoms with Gasteiger partial charge in [0.15, 0.2) is 0 Å². The van der Waals surface area contributed by atoms with Gasteiger partial charge in [-0.25, -0.2) is 0 Å². The monoisotopic (exact) mass is 303 g/mol. The molecule has 0 saturated carbocycles. The number of hydrogen-bond acceptors (Lipinski definition) is 7. The summed E-state index contributed by atoms with van der Waals surface area (Å²) in [5.41, 5.74) is 3.94. The third kappa shape index (κ3) is 7.54. The Hall–Kier alpha value is 0.278. The van der Waals surface area contributed by atoms with Gasteiger partial charge in [-0.15, -0.1) is 0 Å². The minimum absolute atomic E-state index is 0.153. The molecule has 0 spiro atoms. The number of hydrogen-bond donors (Lipinski definition) is 7. The first-order chi connectivity index (χ1) is 7.36. The van der Waals surface area contributed by atoms with Crippen molar-refractivity contribution < 1.29 is 30.6 Å². The van der Waals surface area contributed by atoms with Crippen LogP contribution in [0.5, 0.6) is 0 Å². The molecular formula is C8H22AsNO6. The molecular weight excluding hydrogens is 281 g/mol. The van der Waals surface area contributed by atoms with Gasteiger partial charge in [-0.05, 0) is 0 Å². The van der Waals surface area contributed by atoms with Crippen LogP contribution >= 0.6 is 0 Å². The Bertz CT molecular complexity index is 128. The first-order valence-electron chi connectivity index (χ1n) is 4.60. The van der Waals surface area contributed by atoms with E-state index in [2.05, 4.69) is 0 Å². The standard InChI is InChI=1S/C4H11AsO3.C4H11NO3/c2*5-4(1-6,2-7)3-8/h2*6-8H,1-3,5H2. The Morgan fingerprint density at radius 1 is 0.688 bits per heavy atom. The number of aliphatic hydroxyl groups is 6. The molecule has 0 aliphatic rings. The molecule has 0 rings (SSSR count). The first-order valence-corrected chi connectivity index (χ1v) is 5.81. The van der Waals surface area contributed by atoms with Gasteiger partial charge >= 0.3 is 56.2 Å². The molecule has 16 heavy (non-hydrogen) atoms. The van der Waals surface area contributed by atoms with Crippen LogP contribution in [0.3, 0.4) is 0 Å². The fraction of sp³-hybridized carbons (Fsp3) is 1.00. The van der Waals surface area contributed by atoms with Crippen molar-refractivity contribution >= 4 is 16.9 Å². The second-order valence-electron chi connectivity index (χ2n) is 3.67. The molecule has 1 atom stereocenters. The molecule has 0 radical (unpaired) electrons. The Morgan fingerprint density at radius 3 is 0.938 bits per heavy atom. The summed E-state index contributed by atoms with van der Waals surface area (Å²) in [4.78, 5) is 0. The molecule has 0 bridgehead atoms. The Balaban J connectivity index is 0. The summed E-state index contributed by atoms with van der Waals surface area (Å²) >= 11 is 1.16. The third-order valence-corrected chi connectivity index (χ3v) is 3.04. The van der Waals surface area contributed by atoms with Gasteiger partial charge in [-0.1, -0.05) is 0 Å². The van der Waals surface area contributed by atoms with Crippen LogP contribution in [0.1, 0.15) is 0 Å². The van der Waals surface area contributed by atoms with E-state index in [-0.39, 0.29) is 19.8 Å². The average molecular weight is 303 g/mol. The summed E-state index contributed by atoms with van der Waals surface area (Å²) < 4.78 is -0.646. The summed E-state index contributed by atoms with van der Waals surface area (Å²) in [5, 5.41) is 50.5. The molecule has 0 aliphatic heterocycles. The van der Waals surface area contributed by atoms with Crippen molar-refractivity contribution in [3.63, 3.8) is 0 Å². The molecule has 8 N–H and O–H groups in total. The number of nitrogens with two attached hydrogens (primary N) is 1. The zero-order chi connectivity index (χ0) is 13.2. The van der Waals surface area contributed by atoms with E-state index in [1.807, 2.05) is 0 Å². The van der Waals surface area contributed by atoms with Crippen molar-refractivity contribution in [2.75, 3.05) is 39.6 Å². The van der Waals surface area contributed by atoms with Gasteiger partial charge in [0.2, 0.25) is 0 Å². The normalized spacial score (nSPS) is 12.0. The van der Waals surface area contributed by atoms with Gasteiger partial charge in [0.05, 0.1) is 25.4 Å². The van der Waals surface area contributed by atoms with Gasteiger partial charge in [-0.3, -0.25) is 0 Å². The summed E-state index contributed by atoms with van der Waals surface area (Å²) in [5.74, 6) is 0. The molecule has 8 heteroatoms. The van der Waals surface area contributed by atoms with Crippen LogP contribution in [0.25, 0.3) is 0 Å². The van der Waals surface area contributed by atoms with Crippen molar-refractivity contribution in [1.82, 2.24) is 0 Å². The maximum absolute atomic E-state index is 8.48. The molecule has 0 fully saturated rings. The predicted octanol–water partition coefficient (Wildman–Crippen LogP) is -4.58. The molecule has 0 aromatic rings. The predicted molar refractivity (Wildman–Crippen MR) is 60.7 cm³/mol. The van der Waals surface area contributed by atoms with Gasteiger partial charge in [0.1, 0.15) is 0 Å². The maximum atomic E-state index is 8.48. The van der Waals surface area contributed by atoms with E-state index in [1.165, 1.54) is 0 Å². The van der Waals surface area contributed by atoms with Crippen molar-refractivity contribution in [2.45, 2.75) is 9.74 Å².